The van der Waals surface area contributed by atoms with Crippen molar-refractivity contribution < 1.29 is 9.47 Å². The number of ether oxygens (including phenoxy) is 2. The van der Waals surface area contributed by atoms with Crippen molar-refractivity contribution in [3.8, 4) is 12.1 Å². The molecule has 0 N–H and O–H groups in total. The van der Waals surface area contributed by atoms with E-state index in [4.69, 9.17) is 20.0 Å². The molecule has 0 bridgehead atoms. The van der Waals surface area contributed by atoms with Gasteiger partial charge in [0.05, 0.1) is 38.2 Å². The Morgan fingerprint density at radius 2 is 1.31 bits per heavy atom. The third-order valence-electron chi connectivity index (χ3n) is 1.84. The van der Waals surface area contributed by atoms with E-state index in [9.17, 15) is 0 Å². The van der Waals surface area contributed by atoms with Gasteiger partial charge < -0.3 is 9.47 Å². The van der Waals surface area contributed by atoms with E-state index in [0.717, 1.165) is 0 Å². The van der Waals surface area contributed by atoms with E-state index >= 15 is 0 Å². The third-order valence-corrected chi connectivity index (χ3v) is 1.84. The van der Waals surface area contributed by atoms with Crippen molar-refractivity contribution in [2.24, 2.45) is 0 Å². The highest BCUT2D eigenvalue weighted by molar-refractivity contribution is 4.96. The summed E-state index contributed by atoms with van der Waals surface area (Å²) in [5.41, 5.74) is 0. The van der Waals surface area contributed by atoms with E-state index in [1.165, 1.54) is 0 Å². The average Bonchev–Trinajstić information content (AvgIpc) is 2.31. The molecule has 0 aliphatic rings. The van der Waals surface area contributed by atoms with Gasteiger partial charge in [0, 0.05) is 0 Å². The van der Waals surface area contributed by atoms with Gasteiger partial charge in [0.1, 0.15) is 12.2 Å². The molecule has 86 valence electrons. The molecule has 0 aromatic heterocycles. The van der Waals surface area contributed by atoms with Crippen LogP contribution in [0.1, 0.15) is 12.8 Å². The summed E-state index contributed by atoms with van der Waals surface area (Å²) < 4.78 is 10.8. The van der Waals surface area contributed by atoms with Gasteiger partial charge in [-0.15, -0.1) is 13.2 Å². The zero-order valence-corrected chi connectivity index (χ0v) is 9.26. The van der Waals surface area contributed by atoms with Crippen molar-refractivity contribution in [3.63, 3.8) is 0 Å². The van der Waals surface area contributed by atoms with E-state index in [-0.39, 0.29) is 12.2 Å². The molecule has 4 heteroatoms. The molecule has 0 aliphatic carbocycles. The van der Waals surface area contributed by atoms with Crippen molar-refractivity contribution in [3.05, 3.63) is 25.3 Å². The minimum atomic E-state index is -0.329. The molecule has 0 aliphatic heterocycles. The van der Waals surface area contributed by atoms with Crippen molar-refractivity contribution >= 4 is 0 Å². The first-order valence-electron chi connectivity index (χ1n) is 5.02. The maximum atomic E-state index is 8.38. The first-order chi connectivity index (χ1) is 7.79. The number of hydrogen-bond acceptors (Lipinski definition) is 4. The molecule has 0 amide bonds. The predicted octanol–water partition coefficient (Wildman–Crippen LogP) is 1.96. The minimum Gasteiger partial charge on any atom is -0.370 e. The van der Waals surface area contributed by atoms with Gasteiger partial charge in [0.2, 0.25) is 0 Å². The number of nitriles is 2. The molecule has 0 saturated heterocycles. The number of nitrogens with zero attached hydrogens (tertiary/aromatic N) is 2. The Bertz CT molecular complexity index is 258. The molecule has 0 spiro atoms. The predicted molar refractivity (Wildman–Crippen MR) is 60.3 cm³/mol. The third kappa shape index (κ3) is 5.98. The van der Waals surface area contributed by atoms with Crippen LogP contribution in [0.5, 0.6) is 0 Å². The topological polar surface area (TPSA) is 66.0 Å². The smallest absolute Gasteiger partial charge is 0.105 e. The van der Waals surface area contributed by atoms with Crippen LogP contribution in [0.3, 0.4) is 0 Å². The zero-order chi connectivity index (χ0) is 12.2. The normalized spacial score (nSPS) is 13.1. The number of hydrogen-bond donors (Lipinski definition) is 0. The lowest BCUT2D eigenvalue weighted by Gasteiger charge is -2.21. The molecule has 0 rings (SSSR count). The Kier molecular flexibility index (Phi) is 8.91. The summed E-state index contributed by atoms with van der Waals surface area (Å²) >= 11 is 0. The molecule has 2 unspecified atom stereocenters. The molecule has 0 aromatic carbocycles. The van der Waals surface area contributed by atoms with Gasteiger partial charge in [0.15, 0.2) is 0 Å². The van der Waals surface area contributed by atoms with Crippen LogP contribution in [-0.2, 0) is 9.47 Å². The maximum Gasteiger partial charge on any atom is 0.105 e. The van der Waals surface area contributed by atoms with E-state index in [1.54, 1.807) is 12.2 Å². The lowest BCUT2D eigenvalue weighted by Crippen LogP contribution is -2.28. The minimum absolute atomic E-state index is 0.326. The first kappa shape index (κ1) is 14.4. The van der Waals surface area contributed by atoms with Crippen LogP contribution in [0.25, 0.3) is 0 Å². The fourth-order valence-electron chi connectivity index (χ4n) is 1.08. The highest BCUT2D eigenvalue weighted by Crippen LogP contribution is 2.08. The van der Waals surface area contributed by atoms with Gasteiger partial charge in [-0.05, 0) is 0 Å². The van der Waals surface area contributed by atoms with E-state index in [2.05, 4.69) is 13.2 Å². The molecular weight excluding hydrogens is 204 g/mol. The molecule has 0 aromatic rings. The SMILES string of the molecule is C=CC(OCCC#N)C(C=C)OCCC#N. The zero-order valence-electron chi connectivity index (χ0n) is 9.26. The first-order valence-corrected chi connectivity index (χ1v) is 5.02. The Morgan fingerprint density at radius 1 is 0.938 bits per heavy atom. The van der Waals surface area contributed by atoms with Gasteiger partial charge >= 0.3 is 0 Å². The van der Waals surface area contributed by atoms with E-state index in [1.807, 2.05) is 12.1 Å². The molecule has 0 saturated carbocycles. The highest BCUT2D eigenvalue weighted by Gasteiger charge is 2.16. The van der Waals surface area contributed by atoms with Crippen LogP contribution in [-0.4, -0.2) is 25.4 Å². The summed E-state index contributed by atoms with van der Waals surface area (Å²) in [7, 11) is 0. The van der Waals surface area contributed by atoms with Crippen molar-refractivity contribution in [2.45, 2.75) is 25.0 Å². The standard InChI is InChI=1S/C12H16N2O2/c1-3-11(15-9-5-7-13)12(4-2)16-10-6-8-14/h3-4,11-12H,1-2,5-6,9-10H2. The Morgan fingerprint density at radius 3 is 1.56 bits per heavy atom. The van der Waals surface area contributed by atoms with Crippen LogP contribution in [0.2, 0.25) is 0 Å². The molecule has 0 radical (unpaired) electrons. The Balaban J connectivity index is 4.07. The van der Waals surface area contributed by atoms with Crippen LogP contribution in [0.15, 0.2) is 25.3 Å². The maximum absolute atomic E-state index is 8.38. The molecule has 2 atom stereocenters. The summed E-state index contributed by atoms with van der Waals surface area (Å²) in [6.45, 7) is 7.94. The summed E-state index contributed by atoms with van der Waals surface area (Å²) in [6, 6.07) is 3.97. The summed E-state index contributed by atoms with van der Waals surface area (Å²) in [4.78, 5) is 0. The lowest BCUT2D eigenvalue weighted by molar-refractivity contribution is -0.0255. The number of rotatable bonds is 9. The van der Waals surface area contributed by atoms with E-state index in [0.29, 0.717) is 26.1 Å². The quantitative estimate of drug-likeness (QED) is 0.440. The van der Waals surface area contributed by atoms with Gasteiger partial charge in [0.25, 0.3) is 0 Å². The van der Waals surface area contributed by atoms with Crippen LogP contribution < -0.4 is 0 Å². The van der Waals surface area contributed by atoms with E-state index < -0.39 is 0 Å². The van der Waals surface area contributed by atoms with Crippen LogP contribution in [0.4, 0.5) is 0 Å². The summed E-state index contributed by atoms with van der Waals surface area (Å²) in [5.74, 6) is 0. The second kappa shape index (κ2) is 9.92. The van der Waals surface area contributed by atoms with Gasteiger partial charge in [-0.2, -0.15) is 10.5 Å². The molecule has 0 heterocycles. The molecule has 16 heavy (non-hydrogen) atoms. The largest absolute Gasteiger partial charge is 0.370 e. The summed E-state index contributed by atoms with van der Waals surface area (Å²) in [5, 5.41) is 16.8. The van der Waals surface area contributed by atoms with Crippen molar-refractivity contribution in [2.75, 3.05) is 13.2 Å². The molecule has 4 nitrogen and oxygen atoms in total. The molecular formula is C12H16N2O2. The van der Waals surface area contributed by atoms with Gasteiger partial charge in [-0.25, -0.2) is 0 Å². The second-order valence-electron chi connectivity index (χ2n) is 2.96. The summed E-state index contributed by atoms with van der Waals surface area (Å²) in [6.07, 6.45) is 3.21. The van der Waals surface area contributed by atoms with Gasteiger partial charge in [-0.3, -0.25) is 0 Å². The monoisotopic (exact) mass is 220 g/mol. The van der Waals surface area contributed by atoms with Gasteiger partial charge in [-0.1, -0.05) is 12.2 Å². The fourth-order valence-corrected chi connectivity index (χ4v) is 1.08. The average molecular weight is 220 g/mol. The fraction of sp³-hybridized carbons (Fsp3) is 0.500. The van der Waals surface area contributed by atoms with Crippen molar-refractivity contribution in [1.82, 2.24) is 0 Å². The van der Waals surface area contributed by atoms with Crippen molar-refractivity contribution in [1.29, 1.82) is 10.5 Å². The molecule has 0 fully saturated rings. The Hall–Kier alpha value is -1.62. The van der Waals surface area contributed by atoms with Crippen LogP contribution in [0, 0.1) is 22.7 Å². The second-order valence-corrected chi connectivity index (χ2v) is 2.96. The highest BCUT2D eigenvalue weighted by atomic mass is 16.5. The lowest BCUT2D eigenvalue weighted by atomic mass is 10.2. The Labute approximate surface area is 96.4 Å². The van der Waals surface area contributed by atoms with Crippen LogP contribution >= 0.6 is 0 Å².